The van der Waals surface area contributed by atoms with E-state index in [1.54, 1.807) is 0 Å². The van der Waals surface area contributed by atoms with Crippen molar-refractivity contribution in [1.29, 1.82) is 0 Å². The van der Waals surface area contributed by atoms with Crippen LogP contribution >= 0.6 is 0 Å². The van der Waals surface area contributed by atoms with Gasteiger partial charge in [-0.25, -0.2) is 0 Å². The van der Waals surface area contributed by atoms with Crippen LogP contribution in [0.2, 0.25) is 0 Å². The second kappa shape index (κ2) is 4.74. The molecule has 3 heteroatoms. The maximum atomic E-state index is 11.8. The minimum atomic E-state index is -0.374. The molecule has 1 aliphatic heterocycles. The van der Waals surface area contributed by atoms with E-state index in [1.807, 2.05) is 20.8 Å². The van der Waals surface area contributed by atoms with Crippen LogP contribution in [-0.4, -0.2) is 24.7 Å². The topological polar surface area (TPSA) is 38.3 Å². The molecule has 1 saturated heterocycles. The number of rotatable bonds is 3. The molecule has 0 amide bonds. The smallest absolute Gasteiger partial charge is 0.306 e. The quantitative estimate of drug-likeness (QED) is 0.752. The number of hydrogen-bond acceptors (Lipinski definition) is 3. The molecule has 1 fully saturated rings. The van der Waals surface area contributed by atoms with Gasteiger partial charge in [0.2, 0.25) is 0 Å². The number of ether oxygens (including phenoxy) is 1. The molecule has 0 bridgehead atoms. The van der Waals surface area contributed by atoms with E-state index in [1.165, 1.54) is 0 Å². The van der Waals surface area contributed by atoms with Crippen molar-refractivity contribution in [3.63, 3.8) is 0 Å². The second-order valence-corrected chi connectivity index (χ2v) is 6.15. The summed E-state index contributed by atoms with van der Waals surface area (Å²) in [5, 5.41) is 3.37. The molecule has 0 aromatic carbocycles. The van der Waals surface area contributed by atoms with Crippen LogP contribution in [-0.2, 0) is 9.53 Å². The minimum Gasteiger partial charge on any atom is -0.460 e. The summed E-state index contributed by atoms with van der Waals surface area (Å²) >= 11 is 0. The Kier molecular flexibility index (Phi) is 4.00. The standard InChI is InChI=1S/C13H25NO2/c1-6-10-8-14-9-13(10,5)7-11(15)16-12(2,3)4/h10,14H,6-9H2,1-5H3. The van der Waals surface area contributed by atoms with Gasteiger partial charge in [-0.05, 0) is 38.6 Å². The van der Waals surface area contributed by atoms with Crippen LogP contribution < -0.4 is 5.32 Å². The highest BCUT2D eigenvalue weighted by Crippen LogP contribution is 2.37. The zero-order chi connectivity index (χ0) is 12.4. The van der Waals surface area contributed by atoms with Gasteiger partial charge in [-0.2, -0.15) is 0 Å². The first-order valence-electron chi connectivity index (χ1n) is 6.19. The summed E-state index contributed by atoms with van der Waals surface area (Å²) in [4.78, 5) is 11.8. The van der Waals surface area contributed by atoms with Crippen molar-refractivity contribution in [2.24, 2.45) is 11.3 Å². The fourth-order valence-corrected chi connectivity index (χ4v) is 2.47. The van der Waals surface area contributed by atoms with Crippen LogP contribution in [0.4, 0.5) is 0 Å². The van der Waals surface area contributed by atoms with E-state index in [-0.39, 0.29) is 17.0 Å². The fourth-order valence-electron chi connectivity index (χ4n) is 2.47. The van der Waals surface area contributed by atoms with E-state index in [4.69, 9.17) is 4.74 Å². The van der Waals surface area contributed by atoms with Gasteiger partial charge < -0.3 is 10.1 Å². The van der Waals surface area contributed by atoms with Gasteiger partial charge in [0.05, 0.1) is 6.42 Å². The zero-order valence-electron chi connectivity index (χ0n) is 11.2. The molecule has 2 atom stereocenters. The number of carbonyl (C=O) groups is 1. The Morgan fingerprint density at radius 3 is 2.62 bits per heavy atom. The van der Waals surface area contributed by atoms with Crippen LogP contribution in [0, 0.1) is 11.3 Å². The third kappa shape index (κ3) is 3.48. The summed E-state index contributed by atoms with van der Waals surface area (Å²) < 4.78 is 5.39. The Morgan fingerprint density at radius 2 is 2.12 bits per heavy atom. The average molecular weight is 227 g/mol. The number of hydrogen-bond donors (Lipinski definition) is 1. The van der Waals surface area contributed by atoms with Gasteiger partial charge in [0.1, 0.15) is 5.60 Å². The molecule has 1 rings (SSSR count). The summed E-state index contributed by atoms with van der Waals surface area (Å²) in [6, 6.07) is 0. The zero-order valence-corrected chi connectivity index (χ0v) is 11.2. The Morgan fingerprint density at radius 1 is 1.50 bits per heavy atom. The average Bonchev–Trinajstić information content (AvgIpc) is 2.42. The second-order valence-electron chi connectivity index (χ2n) is 6.15. The van der Waals surface area contributed by atoms with E-state index in [9.17, 15) is 4.79 Å². The normalized spacial score (nSPS) is 30.4. The lowest BCUT2D eigenvalue weighted by Gasteiger charge is -2.30. The third-order valence-corrected chi connectivity index (χ3v) is 3.37. The van der Waals surface area contributed by atoms with Gasteiger partial charge >= 0.3 is 5.97 Å². The first kappa shape index (κ1) is 13.5. The number of carbonyl (C=O) groups excluding carboxylic acids is 1. The SMILES string of the molecule is CCC1CNCC1(C)CC(=O)OC(C)(C)C. The first-order chi connectivity index (χ1) is 7.27. The highest BCUT2D eigenvalue weighted by molar-refractivity contribution is 5.70. The molecule has 0 radical (unpaired) electrons. The van der Waals surface area contributed by atoms with Crippen molar-refractivity contribution in [3.8, 4) is 0 Å². The molecule has 1 aliphatic rings. The first-order valence-corrected chi connectivity index (χ1v) is 6.19. The van der Waals surface area contributed by atoms with Crippen LogP contribution in [0.1, 0.15) is 47.5 Å². The molecule has 2 unspecified atom stereocenters. The molecule has 0 aliphatic carbocycles. The summed E-state index contributed by atoms with van der Waals surface area (Å²) in [6.45, 7) is 12.1. The molecule has 94 valence electrons. The van der Waals surface area contributed by atoms with Crippen molar-refractivity contribution < 1.29 is 9.53 Å². The van der Waals surface area contributed by atoms with Crippen molar-refractivity contribution >= 4 is 5.97 Å². The van der Waals surface area contributed by atoms with Crippen molar-refractivity contribution in [1.82, 2.24) is 5.32 Å². The molecular weight excluding hydrogens is 202 g/mol. The van der Waals surface area contributed by atoms with E-state index >= 15 is 0 Å². The van der Waals surface area contributed by atoms with Gasteiger partial charge in [0.25, 0.3) is 0 Å². The largest absolute Gasteiger partial charge is 0.460 e. The van der Waals surface area contributed by atoms with Crippen molar-refractivity contribution in [2.45, 2.75) is 53.1 Å². The highest BCUT2D eigenvalue weighted by Gasteiger charge is 2.40. The number of nitrogens with one attached hydrogen (secondary N) is 1. The van der Waals surface area contributed by atoms with Crippen molar-refractivity contribution in [2.75, 3.05) is 13.1 Å². The van der Waals surface area contributed by atoms with Gasteiger partial charge in [-0.1, -0.05) is 20.3 Å². The Labute approximate surface area is 98.9 Å². The molecule has 0 spiro atoms. The lowest BCUT2D eigenvalue weighted by molar-refractivity contribution is -0.157. The monoisotopic (exact) mass is 227 g/mol. The van der Waals surface area contributed by atoms with E-state index < -0.39 is 0 Å². The van der Waals surface area contributed by atoms with E-state index in [2.05, 4.69) is 19.2 Å². The van der Waals surface area contributed by atoms with Crippen molar-refractivity contribution in [3.05, 3.63) is 0 Å². The summed E-state index contributed by atoms with van der Waals surface area (Å²) in [6.07, 6.45) is 1.64. The Bertz CT molecular complexity index is 257. The maximum Gasteiger partial charge on any atom is 0.306 e. The van der Waals surface area contributed by atoms with Crippen LogP contribution in [0.3, 0.4) is 0 Å². The van der Waals surface area contributed by atoms with Crippen LogP contribution in [0.25, 0.3) is 0 Å². The van der Waals surface area contributed by atoms with Gasteiger partial charge in [0, 0.05) is 6.54 Å². The van der Waals surface area contributed by atoms with Gasteiger partial charge in [-0.3, -0.25) is 4.79 Å². The molecule has 1 N–H and O–H groups in total. The highest BCUT2D eigenvalue weighted by atomic mass is 16.6. The van der Waals surface area contributed by atoms with E-state index in [0.717, 1.165) is 19.5 Å². The van der Waals surface area contributed by atoms with Gasteiger partial charge in [0.15, 0.2) is 0 Å². The Hall–Kier alpha value is -0.570. The number of esters is 1. The summed E-state index contributed by atoms with van der Waals surface area (Å²) in [5.74, 6) is 0.511. The molecule has 0 saturated carbocycles. The minimum absolute atomic E-state index is 0.0666. The Balaban J connectivity index is 2.55. The van der Waals surface area contributed by atoms with Crippen LogP contribution in [0.5, 0.6) is 0 Å². The van der Waals surface area contributed by atoms with Gasteiger partial charge in [-0.15, -0.1) is 0 Å². The van der Waals surface area contributed by atoms with E-state index in [0.29, 0.717) is 12.3 Å². The molecule has 16 heavy (non-hydrogen) atoms. The predicted molar refractivity (Wildman–Crippen MR) is 65.2 cm³/mol. The maximum absolute atomic E-state index is 11.8. The molecule has 0 aromatic heterocycles. The lowest BCUT2D eigenvalue weighted by Crippen LogP contribution is -2.33. The molecular formula is C13H25NO2. The van der Waals surface area contributed by atoms with Crippen LogP contribution in [0.15, 0.2) is 0 Å². The fraction of sp³-hybridized carbons (Fsp3) is 0.923. The third-order valence-electron chi connectivity index (χ3n) is 3.37. The lowest BCUT2D eigenvalue weighted by atomic mass is 9.76. The summed E-state index contributed by atoms with van der Waals surface area (Å²) in [5.41, 5.74) is -0.307. The molecule has 3 nitrogen and oxygen atoms in total. The molecule has 0 aromatic rings. The molecule has 1 heterocycles. The summed E-state index contributed by atoms with van der Waals surface area (Å²) in [7, 11) is 0. The predicted octanol–water partition coefficient (Wildman–Crippen LogP) is 2.35.